The van der Waals surface area contributed by atoms with E-state index < -0.39 is 23.5 Å². The van der Waals surface area contributed by atoms with E-state index in [4.69, 9.17) is 0 Å². The standard InChI is InChI=1S/C17H17F4N3O2/c1-10-8-23(15(25)16(2,26)17(19,20)21)9-13-7-22-14(24(10)13)11-3-5-12(18)6-4-11/h3-7,10,26H,8-9H2,1-2H3. The van der Waals surface area contributed by atoms with Gasteiger partial charge in [-0.25, -0.2) is 9.37 Å². The molecule has 3 rings (SSSR count). The van der Waals surface area contributed by atoms with Gasteiger partial charge in [0.1, 0.15) is 11.6 Å². The lowest BCUT2D eigenvalue weighted by molar-refractivity contribution is -0.251. The molecule has 0 spiro atoms. The molecule has 1 aromatic carbocycles. The highest BCUT2D eigenvalue weighted by atomic mass is 19.4. The molecule has 0 fully saturated rings. The van der Waals surface area contributed by atoms with Gasteiger partial charge in [-0.3, -0.25) is 4.79 Å². The minimum Gasteiger partial charge on any atom is -0.373 e. The van der Waals surface area contributed by atoms with Gasteiger partial charge in [0, 0.05) is 12.1 Å². The van der Waals surface area contributed by atoms with Gasteiger partial charge in [0.05, 0.1) is 24.5 Å². The maximum Gasteiger partial charge on any atom is 0.426 e. The van der Waals surface area contributed by atoms with Crippen molar-refractivity contribution in [2.75, 3.05) is 6.54 Å². The molecule has 2 aromatic rings. The van der Waals surface area contributed by atoms with Crippen LogP contribution in [0.2, 0.25) is 0 Å². The minimum atomic E-state index is -5.07. The Bertz CT molecular complexity index is 828. The van der Waals surface area contributed by atoms with Crippen LogP contribution in [0.25, 0.3) is 11.4 Å². The van der Waals surface area contributed by atoms with Gasteiger partial charge in [-0.1, -0.05) is 0 Å². The second kappa shape index (κ2) is 6.08. The zero-order valence-electron chi connectivity index (χ0n) is 14.1. The van der Waals surface area contributed by atoms with Gasteiger partial charge in [-0.05, 0) is 38.1 Å². The van der Waals surface area contributed by atoms with Gasteiger partial charge in [-0.15, -0.1) is 0 Å². The zero-order chi connectivity index (χ0) is 19.3. The quantitative estimate of drug-likeness (QED) is 0.826. The summed E-state index contributed by atoms with van der Waals surface area (Å²) in [5, 5.41) is 9.64. The van der Waals surface area contributed by atoms with Gasteiger partial charge in [-0.2, -0.15) is 13.2 Å². The van der Waals surface area contributed by atoms with Crippen molar-refractivity contribution in [3.8, 4) is 11.4 Å². The van der Waals surface area contributed by atoms with Gasteiger partial charge in [0.25, 0.3) is 5.91 Å². The molecule has 2 unspecified atom stereocenters. The third-order valence-corrected chi connectivity index (χ3v) is 4.51. The van der Waals surface area contributed by atoms with Gasteiger partial charge in [0.2, 0.25) is 5.60 Å². The minimum absolute atomic E-state index is 0.0113. The van der Waals surface area contributed by atoms with Crippen molar-refractivity contribution in [2.24, 2.45) is 0 Å². The van der Waals surface area contributed by atoms with Crippen LogP contribution >= 0.6 is 0 Å². The fourth-order valence-corrected chi connectivity index (χ4v) is 3.06. The summed E-state index contributed by atoms with van der Waals surface area (Å²) >= 11 is 0. The number of benzene rings is 1. The summed E-state index contributed by atoms with van der Waals surface area (Å²) in [6.07, 6.45) is -3.60. The number of aromatic nitrogens is 2. The fraction of sp³-hybridized carbons (Fsp3) is 0.412. The third-order valence-electron chi connectivity index (χ3n) is 4.51. The average molecular weight is 371 g/mol. The van der Waals surface area contributed by atoms with Gasteiger partial charge in [0.15, 0.2) is 0 Å². The van der Waals surface area contributed by atoms with Crippen LogP contribution in [0.4, 0.5) is 17.6 Å². The lowest BCUT2D eigenvalue weighted by atomic mass is 10.0. The summed E-state index contributed by atoms with van der Waals surface area (Å²) in [7, 11) is 0. The maximum atomic E-state index is 13.1. The Balaban J connectivity index is 1.91. The van der Waals surface area contributed by atoms with Crippen LogP contribution in [-0.2, 0) is 11.3 Å². The number of carbonyl (C=O) groups is 1. The van der Waals surface area contributed by atoms with Gasteiger partial charge < -0.3 is 14.6 Å². The van der Waals surface area contributed by atoms with E-state index in [1.54, 1.807) is 23.6 Å². The Hall–Kier alpha value is -2.42. The molecule has 0 saturated carbocycles. The number of rotatable bonds is 2. The molecular formula is C17H17F4N3O2. The van der Waals surface area contributed by atoms with E-state index in [2.05, 4.69) is 4.98 Å². The molecule has 0 saturated heterocycles. The first-order valence-electron chi connectivity index (χ1n) is 7.93. The van der Waals surface area contributed by atoms with Crippen LogP contribution in [0.15, 0.2) is 30.5 Å². The van der Waals surface area contributed by atoms with Crippen molar-refractivity contribution in [3.63, 3.8) is 0 Å². The highest BCUT2D eigenvalue weighted by molar-refractivity contribution is 5.85. The molecule has 9 heteroatoms. The summed E-state index contributed by atoms with van der Waals surface area (Å²) in [6, 6.07) is 5.34. The Morgan fingerprint density at radius 2 is 1.88 bits per heavy atom. The predicted molar refractivity (Wildman–Crippen MR) is 84.4 cm³/mol. The monoisotopic (exact) mass is 371 g/mol. The van der Waals surface area contributed by atoms with Crippen LogP contribution < -0.4 is 0 Å². The van der Waals surface area contributed by atoms with E-state index in [9.17, 15) is 27.5 Å². The Labute approximate surface area is 146 Å². The largest absolute Gasteiger partial charge is 0.426 e. The topological polar surface area (TPSA) is 58.4 Å². The molecule has 5 nitrogen and oxygen atoms in total. The highest BCUT2D eigenvalue weighted by Crippen LogP contribution is 2.35. The molecule has 0 radical (unpaired) electrons. The first-order chi connectivity index (χ1) is 12.0. The molecule has 1 aromatic heterocycles. The zero-order valence-corrected chi connectivity index (χ0v) is 14.1. The average Bonchev–Trinajstić information content (AvgIpc) is 2.98. The van der Waals surface area contributed by atoms with Crippen molar-refractivity contribution in [3.05, 3.63) is 42.0 Å². The van der Waals surface area contributed by atoms with Crippen molar-refractivity contribution in [2.45, 2.75) is 38.2 Å². The van der Waals surface area contributed by atoms with Crippen molar-refractivity contribution < 1.29 is 27.5 Å². The Morgan fingerprint density at radius 1 is 1.27 bits per heavy atom. The van der Waals surface area contributed by atoms with Crippen LogP contribution in [0, 0.1) is 5.82 Å². The number of nitrogens with zero attached hydrogens (tertiary/aromatic N) is 3. The second-order valence-electron chi connectivity index (χ2n) is 6.55. The normalized spacial score (nSPS) is 19.8. The van der Waals surface area contributed by atoms with Crippen LogP contribution in [0.5, 0.6) is 0 Å². The number of hydrogen-bond acceptors (Lipinski definition) is 3. The van der Waals surface area contributed by atoms with E-state index in [0.29, 0.717) is 24.0 Å². The van der Waals surface area contributed by atoms with Crippen molar-refractivity contribution in [1.29, 1.82) is 0 Å². The van der Waals surface area contributed by atoms with E-state index >= 15 is 0 Å². The molecule has 1 aliphatic rings. The number of alkyl halides is 3. The fourth-order valence-electron chi connectivity index (χ4n) is 3.06. The molecular weight excluding hydrogens is 354 g/mol. The Kier molecular flexibility index (Phi) is 4.30. The maximum absolute atomic E-state index is 13.1. The number of carbonyl (C=O) groups excluding carboxylic acids is 1. The molecule has 1 amide bonds. The molecule has 2 atom stereocenters. The summed E-state index contributed by atoms with van der Waals surface area (Å²) in [6.45, 7) is 2.07. The number of fused-ring (bicyclic) bond motifs is 1. The smallest absolute Gasteiger partial charge is 0.373 e. The number of halogens is 4. The van der Waals surface area contributed by atoms with Crippen LogP contribution in [0.3, 0.4) is 0 Å². The molecule has 1 N–H and O–H groups in total. The summed E-state index contributed by atoms with van der Waals surface area (Å²) in [5.41, 5.74) is -2.25. The van der Waals surface area contributed by atoms with E-state index in [-0.39, 0.29) is 19.1 Å². The number of aliphatic hydroxyl groups is 1. The van der Waals surface area contributed by atoms with Crippen LogP contribution in [-0.4, -0.2) is 43.8 Å². The summed E-state index contributed by atoms with van der Waals surface area (Å²) in [5.74, 6) is -1.24. The molecule has 2 heterocycles. The van der Waals surface area contributed by atoms with E-state index in [1.165, 1.54) is 18.3 Å². The summed E-state index contributed by atoms with van der Waals surface area (Å²) < 4.78 is 53.7. The molecule has 140 valence electrons. The number of amides is 1. The lowest BCUT2D eigenvalue weighted by Gasteiger charge is -2.37. The molecule has 0 bridgehead atoms. The molecule has 26 heavy (non-hydrogen) atoms. The SMILES string of the molecule is CC1CN(C(=O)C(C)(O)C(F)(F)F)Cc2cnc(-c3ccc(F)cc3)n21. The molecule has 0 aliphatic carbocycles. The highest BCUT2D eigenvalue weighted by Gasteiger charge is 2.57. The molecule has 1 aliphatic heterocycles. The number of hydrogen-bond donors (Lipinski definition) is 1. The van der Waals surface area contributed by atoms with E-state index in [1.807, 2.05) is 0 Å². The second-order valence-corrected chi connectivity index (χ2v) is 6.55. The van der Waals surface area contributed by atoms with E-state index in [0.717, 1.165) is 4.90 Å². The van der Waals surface area contributed by atoms with Crippen LogP contribution in [0.1, 0.15) is 25.6 Å². The van der Waals surface area contributed by atoms with Crippen molar-refractivity contribution >= 4 is 5.91 Å². The predicted octanol–water partition coefficient (Wildman–Crippen LogP) is 2.91. The van der Waals surface area contributed by atoms with Crippen molar-refractivity contribution in [1.82, 2.24) is 14.5 Å². The van der Waals surface area contributed by atoms with Gasteiger partial charge >= 0.3 is 6.18 Å². The third kappa shape index (κ3) is 2.96. The Morgan fingerprint density at radius 3 is 2.46 bits per heavy atom. The first kappa shape index (κ1) is 18.4. The first-order valence-corrected chi connectivity index (χ1v) is 7.93. The summed E-state index contributed by atoms with van der Waals surface area (Å²) in [4.78, 5) is 17.5. The number of imidazole rings is 1. The lowest BCUT2D eigenvalue weighted by Crippen LogP contribution is -2.57.